The summed E-state index contributed by atoms with van der Waals surface area (Å²) >= 11 is 4.27. The molecule has 0 aliphatic carbocycles. The number of para-hydroxylation sites is 1. The highest BCUT2D eigenvalue weighted by atomic mass is 32.1. The van der Waals surface area contributed by atoms with Crippen LogP contribution >= 0.6 is 12.6 Å². The van der Waals surface area contributed by atoms with E-state index in [2.05, 4.69) is 22.7 Å². The molecule has 6 heteroatoms. The molecule has 0 bridgehead atoms. The van der Waals surface area contributed by atoms with Gasteiger partial charge in [0, 0.05) is 0 Å². The van der Waals surface area contributed by atoms with Gasteiger partial charge in [-0.05, 0) is 30.4 Å². The first kappa shape index (κ1) is 17.8. The molecule has 1 aromatic heterocycles. The maximum absolute atomic E-state index is 11.2. The molecule has 2 rings (SSSR count). The maximum Gasteiger partial charge on any atom is 0.183 e. The molecule has 0 radical (unpaired) electrons. The topological polar surface area (TPSA) is 60.2 Å². The third-order valence-electron chi connectivity index (χ3n) is 4.15. The van der Waals surface area contributed by atoms with Crippen LogP contribution in [0.1, 0.15) is 33.6 Å². The minimum Gasteiger partial charge on any atom is -0.494 e. The molecule has 5 nitrogen and oxygen atoms in total. The van der Waals surface area contributed by atoms with E-state index < -0.39 is 5.60 Å². The Labute approximate surface area is 143 Å². The van der Waals surface area contributed by atoms with Crippen LogP contribution < -0.4 is 4.74 Å². The average Bonchev–Trinajstić information content (AvgIpc) is 2.89. The maximum atomic E-state index is 11.2. The Balaban J connectivity index is 1.95. The second-order valence-corrected chi connectivity index (χ2v) is 7.16. The van der Waals surface area contributed by atoms with E-state index in [0.29, 0.717) is 24.7 Å². The standard InChI is InChI=1S/C17H25N3O2S/c1-16(2,3)17(21,12-20-15(23)18-13-19-20)10-7-11-22-14-8-5-4-6-9-14/h4-6,8-9,13,21H,7,10-12H2,1-3H3,(H,18,19,23). The first-order valence-corrected chi connectivity index (χ1v) is 8.23. The number of hydrogen-bond acceptors (Lipinski definition) is 5. The predicted molar refractivity (Wildman–Crippen MR) is 92.8 cm³/mol. The van der Waals surface area contributed by atoms with Gasteiger partial charge in [0.05, 0.1) is 18.8 Å². The molecule has 1 unspecified atom stereocenters. The molecule has 0 aliphatic heterocycles. The van der Waals surface area contributed by atoms with Gasteiger partial charge in [-0.15, -0.1) is 12.6 Å². The van der Waals surface area contributed by atoms with E-state index in [0.717, 1.165) is 12.2 Å². The van der Waals surface area contributed by atoms with Gasteiger partial charge in [0.1, 0.15) is 12.1 Å². The molecule has 0 aliphatic rings. The van der Waals surface area contributed by atoms with Crippen molar-refractivity contribution in [2.75, 3.05) is 6.61 Å². The molecular weight excluding hydrogens is 310 g/mol. The third-order valence-corrected chi connectivity index (χ3v) is 4.50. The summed E-state index contributed by atoms with van der Waals surface area (Å²) in [6, 6.07) is 9.70. The number of hydrogen-bond donors (Lipinski definition) is 2. The van der Waals surface area contributed by atoms with Gasteiger partial charge in [-0.2, -0.15) is 5.10 Å². The molecule has 126 valence electrons. The molecule has 0 saturated carbocycles. The number of thiol groups is 1. The Morgan fingerprint density at radius 3 is 2.48 bits per heavy atom. The third kappa shape index (κ3) is 4.72. The number of rotatable bonds is 7. The predicted octanol–water partition coefficient (Wildman–Crippen LogP) is 3.20. The van der Waals surface area contributed by atoms with Crippen molar-refractivity contribution in [2.45, 2.75) is 50.9 Å². The molecule has 0 saturated heterocycles. The van der Waals surface area contributed by atoms with Crippen molar-refractivity contribution in [1.82, 2.24) is 14.8 Å². The normalized spacial score (nSPS) is 14.5. The highest BCUT2D eigenvalue weighted by Crippen LogP contribution is 2.36. The zero-order valence-electron chi connectivity index (χ0n) is 13.9. The van der Waals surface area contributed by atoms with Crippen molar-refractivity contribution in [1.29, 1.82) is 0 Å². The van der Waals surface area contributed by atoms with Crippen LogP contribution in [0.2, 0.25) is 0 Å². The van der Waals surface area contributed by atoms with Crippen LogP contribution in [0.5, 0.6) is 5.75 Å². The minimum absolute atomic E-state index is 0.300. The summed E-state index contributed by atoms with van der Waals surface area (Å²) in [5.74, 6) is 0.848. The van der Waals surface area contributed by atoms with Gasteiger partial charge in [-0.1, -0.05) is 39.0 Å². The van der Waals surface area contributed by atoms with Crippen molar-refractivity contribution in [3.8, 4) is 5.75 Å². The lowest BCUT2D eigenvalue weighted by molar-refractivity contribution is -0.0841. The second kappa shape index (κ2) is 7.36. The number of benzene rings is 1. The van der Waals surface area contributed by atoms with E-state index >= 15 is 0 Å². The lowest BCUT2D eigenvalue weighted by Gasteiger charge is -2.40. The van der Waals surface area contributed by atoms with E-state index in [9.17, 15) is 5.11 Å². The van der Waals surface area contributed by atoms with Gasteiger partial charge >= 0.3 is 0 Å². The van der Waals surface area contributed by atoms with Crippen LogP contribution in [-0.2, 0) is 6.54 Å². The zero-order valence-corrected chi connectivity index (χ0v) is 14.8. The summed E-state index contributed by atoms with van der Waals surface area (Å²) in [4.78, 5) is 4.00. The van der Waals surface area contributed by atoms with Crippen molar-refractivity contribution < 1.29 is 9.84 Å². The van der Waals surface area contributed by atoms with Crippen molar-refractivity contribution in [3.05, 3.63) is 36.7 Å². The molecule has 1 atom stereocenters. The molecule has 23 heavy (non-hydrogen) atoms. The van der Waals surface area contributed by atoms with Gasteiger partial charge in [0.15, 0.2) is 5.16 Å². The van der Waals surface area contributed by atoms with Gasteiger partial charge in [-0.25, -0.2) is 9.67 Å². The second-order valence-electron chi connectivity index (χ2n) is 6.76. The van der Waals surface area contributed by atoms with Gasteiger partial charge in [0.2, 0.25) is 0 Å². The molecule has 1 heterocycles. The monoisotopic (exact) mass is 335 g/mol. The van der Waals surface area contributed by atoms with E-state index in [1.54, 1.807) is 4.68 Å². The zero-order chi connectivity index (χ0) is 16.9. The molecule has 1 aromatic carbocycles. The molecule has 1 N–H and O–H groups in total. The summed E-state index contributed by atoms with van der Waals surface area (Å²) in [6.07, 6.45) is 2.81. The Bertz CT molecular complexity index is 610. The number of aliphatic hydroxyl groups is 1. The highest BCUT2D eigenvalue weighted by Gasteiger charge is 2.40. The first-order valence-electron chi connectivity index (χ1n) is 7.79. The summed E-state index contributed by atoms with van der Waals surface area (Å²) in [6.45, 7) is 7.01. The molecule has 0 spiro atoms. The largest absolute Gasteiger partial charge is 0.494 e. The van der Waals surface area contributed by atoms with Crippen LogP contribution in [0.3, 0.4) is 0 Å². The van der Waals surface area contributed by atoms with Crippen LogP contribution in [0, 0.1) is 5.41 Å². The Hall–Kier alpha value is -1.53. The Kier molecular flexibility index (Phi) is 5.70. The fourth-order valence-electron chi connectivity index (χ4n) is 2.38. The van der Waals surface area contributed by atoms with Gasteiger partial charge in [0.25, 0.3) is 0 Å². The summed E-state index contributed by atoms with van der Waals surface area (Å²) in [5, 5.41) is 15.8. The minimum atomic E-state index is -0.918. The van der Waals surface area contributed by atoms with Crippen molar-refractivity contribution in [2.24, 2.45) is 5.41 Å². The molecule has 2 aromatic rings. The van der Waals surface area contributed by atoms with E-state index in [4.69, 9.17) is 4.74 Å². The summed E-state index contributed by atoms with van der Waals surface area (Å²) in [7, 11) is 0. The SMILES string of the molecule is CC(C)(C)C(O)(CCCOc1ccccc1)Cn1ncnc1S. The number of aromatic nitrogens is 3. The quantitative estimate of drug-likeness (QED) is 0.602. The summed E-state index contributed by atoms with van der Waals surface area (Å²) in [5.41, 5.74) is -1.22. The average molecular weight is 335 g/mol. The number of nitrogens with zero attached hydrogens (tertiary/aromatic N) is 3. The molecular formula is C17H25N3O2S. The van der Waals surface area contributed by atoms with Crippen LogP contribution in [0.4, 0.5) is 0 Å². The fraction of sp³-hybridized carbons (Fsp3) is 0.529. The lowest BCUT2D eigenvalue weighted by atomic mass is 9.73. The van der Waals surface area contributed by atoms with E-state index in [1.807, 2.05) is 51.1 Å². The smallest absolute Gasteiger partial charge is 0.183 e. The first-order chi connectivity index (χ1) is 10.8. The molecule has 0 amide bonds. The fourth-order valence-corrected chi connectivity index (χ4v) is 2.55. The Morgan fingerprint density at radius 1 is 1.22 bits per heavy atom. The van der Waals surface area contributed by atoms with Gasteiger partial charge in [-0.3, -0.25) is 0 Å². The Morgan fingerprint density at radius 2 is 1.91 bits per heavy atom. The van der Waals surface area contributed by atoms with Crippen LogP contribution in [0.25, 0.3) is 0 Å². The summed E-state index contributed by atoms with van der Waals surface area (Å²) < 4.78 is 7.34. The molecule has 0 fully saturated rings. The van der Waals surface area contributed by atoms with Gasteiger partial charge < -0.3 is 9.84 Å². The highest BCUT2D eigenvalue weighted by molar-refractivity contribution is 7.80. The van der Waals surface area contributed by atoms with Crippen LogP contribution in [0.15, 0.2) is 41.8 Å². The van der Waals surface area contributed by atoms with E-state index in [-0.39, 0.29) is 5.41 Å². The lowest BCUT2D eigenvalue weighted by Crippen LogP contribution is -2.47. The number of ether oxygens (including phenoxy) is 1. The van der Waals surface area contributed by atoms with Crippen molar-refractivity contribution in [3.63, 3.8) is 0 Å². The van der Waals surface area contributed by atoms with Crippen LogP contribution in [-0.4, -0.2) is 32.1 Å². The van der Waals surface area contributed by atoms with Crippen molar-refractivity contribution >= 4 is 12.6 Å². The van der Waals surface area contributed by atoms with E-state index in [1.165, 1.54) is 6.33 Å².